The molecule has 0 spiro atoms. The number of hydrogen-bond acceptors (Lipinski definition) is 2. The normalized spacial score (nSPS) is 17.4. The standard InChI is InChI=1S/C28H34O2S/c29-31(30,27-17-9-7-15-25(27)21-19-23-11-3-1-4-12-23)28-18-10-8-16-26(28)22-20-24-13-5-2-6-14-24/h7-10,15-20H,1-6,11-14,21-22H2. The Hall–Kier alpha value is -2.13. The molecule has 2 fully saturated rings. The molecular formula is C28H34O2S. The van der Waals surface area contributed by atoms with Gasteiger partial charge in [-0.2, -0.15) is 0 Å². The van der Waals surface area contributed by atoms with Gasteiger partial charge in [0.25, 0.3) is 0 Å². The number of rotatable bonds is 6. The average Bonchev–Trinajstić information content (AvgIpc) is 2.83. The Labute approximate surface area is 188 Å². The summed E-state index contributed by atoms with van der Waals surface area (Å²) in [6, 6.07) is 15.1. The summed E-state index contributed by atoms with van der Waals surface area (Å²) in [5, 5.41) is 0. The van der Waals surface area contributed by atoms with Crippen LogP contribution in [0.25, 0.3) is 0 Å². The lowest BCUT2D eigenvalue weighted by Gasteiger charge is -2.16. The van der Waals surface area contributed by atoms with Crippen LogP contribution in [-0.4, -0.2) is 8.42 Å². The molecule has 0 aliphatic heterocycles. The van der Waals surface area contributed by atoms with E-state index in [2.05, 4.69) is 12.2 Å². The lowest BCUT2D eigenvalue weighted by molar-refractivity contribution is 0.592. The SMILES string of the molecule is O=S(=O)(c1ccccc1CC=C1CCCCC1)c1ccccc1CC=C1CCCCC1. The van der Waals surface area contributed by atoms with Gasteiger partial charge in [0.1, 0.15) is 0 Å². The molecule has 0 unspecified atom stereocenters. The molecule has 0 bridgehead atoms. The van der Waals surface area contributed by atoms with Gasteiger partial charge in [-0.3, -0.25) is 0 Å². The van der Waals surface area contributed by atoms with Crippen molar-refractivity contribution in [3.8, 4) is 0 Å². The third-order valence-corrected chi connectivity index (χ3v) is 8.69. The summed E-state index contributed by atoms with van der Waals surface area (Å²) >= 11 is 0. The van der Waals surface area contributed by atoms with Crippen LogP contribution in [0.15, 0.2) is 81.6 Å². The lowest BCUT2D eigenvalue weighted by atomic mass is 9.93. The van der Waals surface area contributed by atoms with E-state index in [1.807, 2.05) is 36.4 Å². The van der Waals surface area contributed by atoms with Gasteiger partial charge in [-0.05, 0) is 87.5 Å². The zero-order valence-corrected chi connectivity index (χ0v) is 19.3. The minimum absolute atomic E-state index is 0.459. The van der Waals surface area contributed by atoms with Crippen LogP contribution < -0.4 is 0 Å². The Kier molecular flexibility index (Phi) is 7.45. The second-order valence-electron chi connectivity index (χ2n) is 8.97. The maximum Gasteiger partial charge on any atom is 0.207 e. The van der Waals surface area contributed by atoms with Gasteiger partial charge in [0, 0.05) is 0 Å². The zero-order chi connectivity index (χ0) is 21.5. The van der Waals surface area contributed by atoms with Crippen LogP contribution in [0.1, 0.15) is 75.3 Å². The quantitative estimate of drug-likeness (QED) is 0.444. The van der Waals surface area contributed by atoms with Gasteiger partial charge >= 0.3 is 0 Å². The molecule has 3 heteroatoms. The highest BCUT2D eigenvalue weighted by Gasteiger charge is 2.23. The van der Waals surface area contributed by atoms with E-state index < -0.39 is 9.84 Å². The van der Waals surface area contributed by atoms with Crippen molar-refractivity contribution in [2.75, 3.05) is 0 Å². The van der Waals surface area contributed by atoms with E-state index in [-0.39, 0.29) is 0 Å². The minimum atomic E-state index is -3.56. The monoisotopic (exact) mass is 434 g/mol. The van der Waals surface area contributed by atoms with E-state index in [9.17, 15) is 8.42 Å². The summed E-state index contributed by atoms with van der Waals surface area (Å²) in [4.78, 5) is 0.917. The van der Waals surface area contributed by atoms with E-state index in [0.717, 1.165) is 36.8 Å². The highest BCUT2D eigenvalue weighted by molar-refractivity contribution is 7.91. The minimum Gasteiger partial charge on any atom is -0.218 e. The molecule has 2 aliphatic rings. The van der Waals surface area contributed by atoms with E-state index in [1.165, 1.54) is 49.7 Å². The van der Waals surface area contributed by atoms with Crippen molar-refractivity contribution in [1.29, 1.82) is 0 Å². The molecule has 0 aromatic heterocycles. The van der Waals surface area contributed by atoms with Crippen molar-refractivity contribution in [2.24, 2.45) is 0 Å². The average molecular weight is 435 g/mol. The third-order valence-electron chi connectivity index (χ3n) is 6.74. The van der Waals surface area contributed by atoms with Crippen molar-refractivity contribution in [3.63, 3.8) is 0 Å². The van der Waals surface area contributed by atoms with Crippen molar-refractivity contribution in [3.05, 3.63) is 83.0 Å². The highest BCUT2D eigenvalue weighted by Crippen LogP contribution is 2.30. The van der Waals surface area contributed by atoms with Gasteiger partial charge in [-0.15, -0.1) is 0 Å². The summed E-state index contributed by atoms with van der Waals surface area (Å²) in [6.45, 7) is 0. The van der Waals surface area contributed by atoms with E-state index in [4.69, 9.17) is 0 Å². The second kappa shape index (κ2) is 10.5. The van der Waals surface area contributed by atoms with Crippen LogP contribution in [0, 0.1) is 0 Å². The largest absolute Gasteiger partial charge is 0.218 e. The second-order valence-corrected chi connectivity index (χ2v) is 10.9. The first-order chi connectivity index (χ1) is 15.1. The van der Waals surface area contributed by atoms with Gasteiger partial charge < -0.3 is 0 Å². The Morgan fingerprint density at radius 1 is 0.581 bits per heavy atom. The Morgan fingerprint density at radius 2 is 0.968 bits per heavy atom. The summed E-state index contributed by atoms with van der Waals surface area (Å²) in [5.41, 5.74) is 4.78. The van der Waals surface area contributed by atoms with Gasteiger partial charge in [-0.1, -0.05) is 72.5 Å². The van der Waals surface area contributed by atoms with Gasteiger partial charge in [-0.25, -0.2) is 8.42 Å². The topological polar surface area (TPSA) is 34.1 Å². The fourth-order valence-corrected chi connectivity index (χ4v) is 6.66. The smallest absolute Gasteiger partial charge is 0.207 e. The Balaban J connectivity index is 1.62. The van der Waals surface area contributed by atoms with Gasteiger partial charge in [0.2, 0.25) is 9.84 Å². The third kappa shape index (κ3) is 5.57. The summed E-state index contributed by atoms with van der Waals surface area (Å²) < 4.78 is 27.5. The van der Waals surface area contributed by atoms with Crippen LogP contribution in [-0.2, 0) is 22.7 Å². The molecule has 0 amide bonds. The van der Waals surface area contributed by atoms with E-state index in [1.54, 1.807) is 12.1 Å². The molecule has 0 atom stereocenters. The number of allylic oxidation sites excluding steroid dienone is 4. The molecule has 0 saturated heterocycles. The van der Waals surface area contributed by atoms with Gasteiger partial charge in [0.05, 0.1) is 9.79 Å². The summed E-state index contributed by atoms with van der Waals surface area (Å²) in [7, 11) is -3.56. The zero-order valence-electron chi connectivity index (χ0n) is 18.5. The fraction of sp³-hybridized carbons (Fsp3) is 0.429. The molecule has 2 aromatic carbocycles. The molecule has 2 aliphatic carbocycles. The molecule has 31 heavy (non-hydrogen) atoms. The predicted molar refractivity (Wildman–Crippen MR) is 128 cm³/mol. The number of benzene rings is 2. The number of hydrogen-bond donors (Lipinski definition) is 0. The van der Waals surface area contributed by atoms with Crippen molar-refractivity contribution >= 4 is 9.84 Å². The summed E-state index contributed by atoms with van der Waals surface area (Å²) in [6.07, 6.45) is 18.2. The first-order valence-corrected chi connectivity index (χ1v) is 13.4. The Bertz CT molecular complexity index is 964. The molecule has 2 aromatic rings. The van der Waals surface area contributed by atoms with E-state index >= 15 is 0 Å². The van der Waals surface area contributed by atoms with Crippen LogP contribution in [0.4, 0.5) is 0 Å². The van der Waals surface area contributed by atoms with Crippen LogP contribution in [0.3, 0.4) is 0 Å². The predicted octanol–water partition coefficient (Wildman–Crippen LogP) is 7.39. The van der Waals surface area contributed by atoms with Crippen molar-refractivity contribution in [1.82, 2.24) is 0 Å². The molecule has 2 saturated carbocycles. The molecule has 2 nitrogen and oxygen atoms in total. The van der Waals surface area contributed by atoms with E-state index in [0.29, 0.717) is 22.6 Å². The van der Waals surface area contributed by atoms with Crippen molar-refractivity contribution in [2.45, 2.75) is 86.8 Å². The maximum atomic E-state index is 13.7. The highest BCUT2D eigenvalue weighted by atomic mass is 32.2. The maximum absolute atomic E-state index is 13.7. The molecule has 0 radical (unpaired) electrons. The fourth-order valence-electron chi connectivity index (χ4n) is 4.92. The molecular weight excluding hydrogens is 400 g/mol. The van der Waals surface area contributed by atoms with Crippen molar-refractivity contribution < 1.29 is 8.42 Å². The number of sulfone groups is 1. The first-order valence-electron chi connectivity index (χ1n) is 11.9. The van der Waals surface area contributed by atoms with Gasteiger partial charge in [0.15, 0.2) is 0 Å². The molecule has 0 heterocycles. The summed E-state index contributed by atoms with van der Waals surface area (Å²) in [5.74, 6) is 0. The van der Waals surface area contributed by atoms with Crippen LogP contribution in [0.2, 0.25) is 0 Å². The van der Waals surface area contributed by atoms with Crippen LogP contribution >= 0.6 is 0 Å². The molecule has 4 rings (SSSR count). The molecule has 0 N–H and O–H groups in total. The van der Waals surface area contributed by atoms with Crippen LogP contribution in [0.5, 0.6) is 0 Å². The molecule has 164 valence electrons. The first kappa shape index (κ1) is 22.1. The Morgan fingerprint density at radius 3 is 1.39 bits per heavy atom. The lowest BCUT2D eigenvalue weighted by Crippen LogP contribution is -2.08.